The molecule has 1 aliphatic rings. The topological polar surface area (TPSA) is 121 Å². The Labute approximate surface area is 218 Å². The molecule has 200 valence electrons. The Morgan fingerprint density at radius 1 is 1.13 bits per heavy atom. The van der Waals surface area contributed by atoms with Crippen molar-refractivity contribution in [2.45, 2.75) is 30.7 Å². The van der Waals surface area contributed by atoms with E-state index in [2.05, 4.69) is 14.7 Å². The van der Waals surface area contributed by atoms with Crippen LogP contribution in [0.2, 0.25) is 0 Å². The number of nitrogens with zero attached hydrogens (tertiary/aromatic N) is 3. The molecule has 5 rings (SSSR count). The van der Waals surface area contributed by atoms with Crippen LogP contribution in [-0.4, -0.2) is 43.3 Å². The lowest BCUT2D eigenvalue weighted by molar-refractivity contribution is 0.0627. The summed E-state index contributed by atoms with van der Waals surface area (Å²) in [4.78, 5) is 8.01. The van der Waals surface area contributed by atoms with Crippen molar-refractivity contribution in [3.8, 4) is 17.0 Å². The number of sulfonamides is 1. The van der Waals surface area contributed by atoms with Gasteiger partial charge in [-0.05, 0) is 61.1 Å². The molecule has 38 heavy (non-hydrogen) atoms. The second kappa shape index (κ2) is 10.5. The summed E-state index contributed by atoms with van der Waals surface area (Å²) in [6.45, 7) is 2.27. The molecule has 0 unspecified atom stereocenters. The van der Waals surface area contributed by atoms with Crippen LogP contribution in [0.1, 0.15) is 19.3 Å². The molecule has 0 saturated carbocycles. The van der Waals surface area contributed by atoms with Crippen molar-refractivity contribution >= 4 is 32.7 Å². The Morgan fingerprint density at radius 2 is 1.92 bits per heavy atom. The van der Waals surface area contributed by atoms with E-state index in [-0.39, 0.29) is 11.6 Å². The molecule has 3 heterocycles. The van der Waals surface area contributed by atoms with Gasteiger partial charge in [-0.3, -0.25) is 4.72 Å². The Balaban J connectivity index is 1.46. The van der Waals surface area contributed by atoms with Gasteiger partial charge in [0.05, 0.1) is 18.1 Å². The molecule has 1 aliphatic heterocycles. The van der Waals surface area contributed by atoms with Crippen LogP contribution in [0.4, 0.5) is 20.4 Å². The lowest BCUT2D eigenvalue weighted by atomic mass is 9.96. The summed E-state index contributed by atoms with van der Waals surface area (Å²) in [6.07, 6.45) is 4.55. The molecule has 0 amide bonds. The highest BCUT2D eigenvalue weighted by molar-refractivity contribution is 7.92. The number of ether oxygens (including phenoxy) is 2. The number of nitrogens with two attached hydrogens (primary N) is 1. The smallest absolute Gasteiger partial charge is 0.264 e. The largest absolute Gasteiger partial charge is 0.480 e. The van der Waals surface area contributed by atoms with Gasteiger partial charge in [0.1, 0.15) is 22.2 Å². The molecule has 0 spiro atoms. The van der Waals surface area contributed by atoms with E-state index in [0.717, 1.165) is 61.2 Å². The van der Waals surface area contributed by atoms with Crippen molar-refractivity contribution < 1.29 is 26.7 Å². The summed E-state index contributed by atoms with van der Waals surface area (Å²) in [5, 5.41) is 0. The molecule has 0 radical (unpaired) electrons. The van der Waals surface area contributed by atoms with Crippen LogP contribution in [0.25, 0.3) is 22.2 Å². The number of nitrogen functional groups attached to an aromatic ring is 1. The third-order valence-electron chi connectivity index (χ3n) is 6.69. The van der Waals surface area contributed by atoms with E-state index in [9.17, 15) is 17.2 Å². The van der Waals surface area contributed by atoms with Gasteiger partial charge >= 0.3 is 0 Å². The highest BCUT2D eigenvalue weighted by atomic mass is 32.2. The van der Waals surface area contributed by atoms with E-state index >= 15 is 0 Å². The number of aryl methyl sites for hydroxylation is 1. The fraction of sp³-hybridized carbons (Fsp3) is 0.308. The summed E-state index contributed by atoms with van der Waals surface area (Å²) in [5.74, 6) is -1.11. The first-order valence-corrected chi connectivity index (χ1v) is 13.6. The molecule has 2 aromatic carbocycles. The Morgan fingerprint density at radius 3 is 2.66 bits per heavy atom. The molecule has 2 aromatic heterocycles. The fourth-order valence-electron chi connectivity index (χ4n) is 4.64. The van der Waals surface area contributed by atoms with Crippen LogP contribution in [-0.2, 0) is 21.3 Å². The first-order valence-electron chi connectivity index (χ1n) is 12.1. The summed E-state index contributed by atoms with van der Waals surface area (Å²) in [6, 6.07) is 9.37. The van der Waals surface area contributed by atoms with Gasteiger partial charge in [0.15, 0.2) is 0 Å². The van der Waals surface area contributed by atoms with Crippen molar-refractivity contribution in [3.05, 3.63) is 60.3 Å². The van der Waals surface area contributed by atoms with Crippen LogP contribution < -0.4 is 15.2 Å². The average Bonchev–Trinajstić information content (AvgIpc) is 3.21. The minimum atomic E-state index is -4.40. The van der Waals surface area contributed by atoms with E-state index in [1.165, 1.54) is 13.2 Å². The highest BCUT2D eigenvalue weighted by Crippen LogP contribution is 2.33. The van der Waals surface area contributed by atoms with E-state index in [1.807, 2.05) is 22.8 Å². The second-order valence-electron chi connectivity index (χ2n) is 9.13. The first kappa shape index (κ1) is 25.9. The van der Waals surface area contributed by atoms with E-state index in [4.69, 9.17) is 15.2 Å². The van der Waals surface area contributed by atoms with Gasteiger partial charge in [0, 0.05) is 37.6 Å². The molecule has 12 heteroatoms. The van der Waals surface area contributed by atoms with Crippen LogP contribution in [0.15, 0.2) is 53.6 Å². The maximum Gasteiger partial charge on any atom is 0.264 e. The van der Waals surface area contributed by atoms with E-state index in [0.29, 0.717) is 30.0 Å². The van der Waals surface area contributed by atoms with Gasteiger partial charge in [-0.15, -0.1) is 0 Å². The normalized spacial score (nSPS) is 14.6. The minimum Gasteiger partial charge on any atom is -0.480 e. The molecule has 3 N–H and O–H groups in total. The third-order valence-corrected chi connectivity index (χ3v) is 8.08. The predicted octanol–water partition coefficient (Wildman–Crippen LogP) is 4.58. The number of hydrogen-bond donors (Lipinski definition) is 2. The monoisotopic (exact) mass is 543 g/mol. The molecule has 4 aromatic rings. The molecule has 0 bridgehead atoms. The van der Waals surface area contributed by atoms with E-state index < -0.39 is 26.6 Å². The van der Waals surface area contributed by atoms with Crippen molar-refractivity contribution in [1.82, 2.24) is 14.5 Å². The lowest BCUT2D eigenvalue weighted by Crippen LogP contribution is -2.17. The zero-order valence-corrected chi connectivity index (χ0v) is 21.5. The molecular weight excluding hydrogens is 516 g/mol. The third kappa shape index (κ3) is 5.27. The zero-order chi connectivity index (χ0) is 26.9. The summed E-state index contributed by atoms with van der Waals surface area (Å²) in [5.41, 5.74) is 9.15. The Bertz CT molecular complexity index is 1590. The first-order chi connectivity index (χ1) is 18.2. The van der Waals surface area contributed by atoms with Crippen molar-refractivity contribution in [2.24, 2.45) is 5.92 Å². The number of pyridine rings is 1. The SMILES string of the molecule is COc1ncc(-c2ccc3nc(N)n(CCC4CCOCC4)c3c2)cc1NS(=O)(=O)c1ccc(F)cc1F. The highest BCUT2D eigenvalue weighted by Gasteiger charge is 2.23. The minimum absolute atomic E-state index is 0.00126. The maximum absolute atomic E-state index is 14.2. The lowest BCUT2D eigenvalue weighted by Gasteiger charge is -2.22. The second-order valence-corrected chi connectivity index (χ2v) is 10.8. The van der Waals surface area contributed by atoms with Crippen LogP contribution in [0.5, 0.6) is 5.88 Å². The number of fused-ring (bicyclic) bond motifs is 1. The quantitative estimate of drug-likeness (QED) is 0.334. The number of rotatable bonds is 8. The maximum atomic E-state index is 14.2. The number of hydrogen-bond acceptors (Lipinski definition) is 7. The number of aromatic nitrogens is 3. The number of halogens is 2. The number of benzene rings is 2. The number of anilines is 2. The standard InChI is InChI=1S/C26H27F2N5O4S/c1-36-25-22(32-38(34,35)24-5-3-19(27)14-20(24)28)12-18(15-30-25)17-2-4-21-23(13-17)33(26(29)31-21)9-6-16-7-10-37-11-8-16/h2-5,12-16,32H,6-11H2,1H3,(H2,29,31). The van der Waals surface area contributed by atoms with Gasteiger partial charge in [-0.1, -0.05) is 6.07 Å². The fourth-order valence-corrected chi connectivity index (χ4v) is 5.75. The van der Waals surface area contributed by atoms with Gasteiger partial charge in [-0.25, -0.2) is 27.2 Å². The molecule has 1 saturated heterocycles. The molecular formula is C26H27F2N5O4S. The number of nitrogens with one attached hydrogen (secondary N) is 1. The summed E-state index contributed by atoms with van der Waals surface area (Å²) >= 11 is 0. The molecule has 1 fully saturated rings. The van der Waals surface area contributed by atoms with Crippen LogP contribution >= 0.6 is 0 Å². The molecule has 0 atom stereocenters. The average molecular weight is 544 g/mol. The van der Waals surface area contributed by atoms with Crippen LogP contribution in [0.3, 0.4) is 0 Å². The Hall–Kier alpha value is -3.77. The van der Waals surface area contributed by atoms with E-state index in [1.54, 1.807) is 6.20 Å². The summed E-state index contributed by atoms with van der Waals surface area (Å²) < 4.78 is 68.2. The number of imidazole rings is 1. The van der Waals surface area contributed by atoms with Gasteiger partial charge < -0.3 is 19.8 Å². The van der Waals surface area contributed by atoms with Gasteiger partial charge in [0.2, 0.25) is 11.8 Å². The van der Waals surface area contributed by atoms with Gasteiger partial charge in [0.25, 0.3) is 10.0 Å². The summed E-state index contributed by atoms with van der Waals surface area (Å²) in [7, 11) is -3.06. The van der Waals surface area contributed by atoms with Crippen molar-refractivity contribution in [1.29, 1.82) is 0 Å². The predicted molar refractivity (Wildman–Crippen MR) is 139 cm³/mol. The molecule has 0 aliphatic carbocycles. The van der Waals surface area contributed by atoms with Crippen molar-refractivity contribution in [3.63, 3.8) is 0 Å². The van der Waals surface area contributed by atoms with Crippen molar-refractivity contribution in [2.75, 3.05) is 30.8 Å². The van der Waals surface area contributed by atoms with Gasteiger partial charge in [-0.2, -0.15) is 0 Å². The Kier molecular flexibility index (Phi) is 7.17. The molecule has 9 nitrogen and oxygen atoms in total. The van der Waals surface area contributed by atoms with Crippen LogP contribution in [0, 0.1) is 17.6 Å². The zero-order valence-electron chi connectivity index (χ0n) is 20.7. The number of methoxy groups -OCH3 is 1.